The van der Waals surface area contributed by atoms with Gasteiger partial charge in [-0.1, -0.05) is 70.9 Å². The summed E-state index contributed by atoms with van der Waals surface area (Å²) < 4.78 is 11.3. The number of carbonyl (C=O) groups is 2. The van der Waals surface area contributed by atoms with E-state index in [1.807, 2.05) is 36.4 Å². The number of aromatic nitrogens is 1. The summed E-state index contributed by atoms with van der Waals surface area (Å²) in [5.41, 5.74) is 6.78. The Morgan fingerprint density at radius 1 is 1.11 bits per heavy atom. The van der Waals surface area contributed by atoms with Crippen LogP contribution in [-0.2, 0) is 6.42 Å². The van der Waals surface area contributed by atoms with Crippen molar-refractivity contribution in [1.29, 1.82) is 0 Å². The lowest BCUT2D eigenvalue weighted by Crippen LogP contribution is -2.19. The van der Waals surface area contributed by atoms with Crippen LogP contribution < -0.4 is 10.2 Å². The molecule has 5 rings (SSSR count). The van der Waals surface area contributed by atoms with Gasteiger partial charge in [-0.3, -0.25) is 4.79 Å². The number of hydrogen-bond donors (Lipinski definition) is 2. The monoisotopic (exact) mass is 589 g/mol. The molecular weight excluding hydrogens is 570 g/mol. The van der Waals surface area contributed by atoms with Gasteiger partial charge in [-0.05, 0) is 48.4 Å². The first-order chi connectivity index (χ1) is 18.5. The number of furan rings is 1. The van der Waals surface area contributed by atoms with Gasteiger partial charge >= 0.3 is 5.97 Å². The quantitative estimate of drug-likeness (QED) is 0.0894. The van der Waals surface area contributed by atoms with Crippen molar-refractivity contribution in [3.8, 4) is 16.9 Å². The van der Waals surface area contributed by atoms with Gasteiger partial charge in [0.2, 0.25) is 5.76 Å². The molecule has 0 aliphatic heterocycles. The third-order valence-electron chi connectivity index (χ3n) is 5.94. The van der Waals surface area contributed by atoms with Gasteiger partial charge in [-0.15, -0.1) is 0 Å². The summed E-state index contributed by atoms with van der Waals surface area (Å²) in [7, 11) is 0. The molecule has 5 aromatic rings. The average Bonchev–Trinajstić information content (AvgIpc) is 3.59. The highest BCUT2D eigenvalue weighted by atomic mass is 79.9. The molecule has 3 aromatic carbocycles. The largest absolute Gasteiger partial charge is 0.457 e. The lowest BCUT2D eigenvalue weighted by molar-refractivity contribution is 0.0700. The molecule has 7 nitrogen and oxygen atoms in total. The van der Waals surface area contributed by atoms with Crippen LogP contribution in [0.25, 0.3) is 22.0 Å². The van der Waals surface area contributed by atoms with Crippen LogP contribution in [0.2, 0.25) is 5.02 Å². The Labute approximate surface area is 231 Å². The van der Waals surface area contributed by atoms with Crippen LogP contribution in [0.15, 0.2) is 93.1 Å². The number of H-pyrrole nitrogens is 1. The second-order valence-electron chi connectivity index (χ2n) is 8.30. The summed E-state index contributed by atoms with van der Waals surface area (Å²) in [5.74, 6) is -0.771. The van der Waals surface area contributed by atoms with E-state index in [2.05, 4.69) is 38.4 Å². The number of nitrogens with zero attached hydrogens (tertiary/aromatic N) is 1. The summed E-state index contributed by atoms with van der Waals surface area (Å²) >= 11 is 9.94. The summed E-state index contributed by atoms with van der Waals surface area (Å²) in [6.45, 7) is 2.06. The Bertz CT molecular complexity index is 1670. The van der Waals surface area contributed by atoms with E-state index in [1.54, 1.807) is 30.3 Å². The smallest absolute Gasteiger partial charge is 0.379 e. The highest BCUT2D eigenvalue weighted by Crippen LogP contribution is 2.37. The number of carbonyl (C=O) groups excluding carboxylic acids is 2. The number of amides is 1. The number of hydrogen-bond acceptors (Lipinski definition) is 5. The molecule has 0 aliphatic rings. The van der Waals surface area contributed by atoms with E-state index in [-0.39, 0.29) is 11.5 Å². The molecule has 38 heavy (non-hydrogen) atoms. The Balaban J connectivity index is 1.46. The first kappa shape index (κ1) is 25.5. The Morgan fingerprint density at radius 3 is 2.71 bits per heavy atom. The maximum Gasteiger partial charge on any atom is 0.379 e. The Kier molecular flexibility index (Phi) is 7.44. The number of aryl methyl sites for hydroxylation is 1. The number of nitrogens with one attached hydrogen (secondary N) is 2. The summed E-state index contributed by atoms with van der Waals surface area (Å²) in [6, 6.07) is 21.5. The maximum atomic E-state index is 13.4. The minimum absolute atomic E-state index is 0.0708. The van der Waals surface area contributed by atoms with E-state index < -0.39 is 11.9 Å². The van der Waals surface area contributed by atoms with Gasteiger partial charge in [-0.2, -0.15) is 5.10 Å². The van der Waals surface area contributed by atoms with Gasteiger partial charge in [-0.25, -0.2) is 10.2 Å². The zero-order chi connectivity index (χ0) is 26.6. The minimum atomic E-state index is -0.648. The minimum Gasteiger partial charge on any atom is -0.457 e. The molecule has 0 spiro atoms. The fraction of sp³-hybridized carbons (Fsp3) is 0.0690. The topological polar surface area (TPSA) is 96.7 Å². The second-order valence-corrected chi connectivity index (χ2v) is 9.62. The van der Waals surface area contributed by atoms with E-state index in [9.17, 15) is 9.59 Å². The van der Waals surface area contributed by atoms with Gasteiger partial charge in [0.1, 0.15) is 11.4 Å². The molecule has 0 radical (unpaired) electrons. The van der Waals surface area contributed by atoms with E-state index in [0.717, 1.165) is 32.9 Å². The number of halogens is 2. The van der Waals surface area contributed by atoms with E-state index >= 15 is 0 Å². The Hall–Kier alpha value is -4.14. The molecule has 0 unspecified atom stereocenters. The maximum absolute atomic E-state index is 13.4. The molecule has 2 aromatic heterocycles. The molecule has 2 N–H and O–H groups in total. The summed E-state index contributed by atoms with van der Waals surface area (Å²) in [4.78, 5) is 29.0. The second kappa shape index (κ2) is 11.1. The molecule has 0 fully saturated rings. The van der Waals surface area contributed by atoms with Crippen LogP contribution in [0.4, 0.5) is 0 Å². The van der Waals surface area contributed by atoms with Crippen molar-refractivity contribution in [2.24, 2.45) is 5.10 Å². The number of para-hydroxylation sites is 1. The van der Waals surface area contributed by atoms with Gasteiger partial charge in [0.25, 0.3) is 5.91 Å². The number of ether oxygens (including phenoxy) is 1. The fourth-order valence-corrected chi connectivity index (χ4v) is 4.77. The molecule has 9 heteroatoms. The van der Waals surface area contributed by atoms with Gasteiger partial charge in [0.05, 0.1) is 12.5 Å². The molecule has 0 aliphatic carbocycles. The van der Waals surface area contributed by atoms with Crippen LogP contribution in [0.1, 0.15) is 39.1 Å². The van der Waals surface area contributed by atoms with Crippen LogP contribution in [-0.4, -0.2) is 23.1 Å². The van der Waals surface area contributed by atoms with Crippen LogP contribution in [0.5, 0.6) is 5.75 Å². The van der Waals surface area contributed by atoms with Gasteiger partial charge in [0, 0.05) is 37.1 Å². The number of esters is 1. The normalized spacial score (nSPS) is 11.2. The fourth-order valence-electron chi connectivity index (χ4n) is 4.16. The first-order valence-corrected chi connectivity index (χ1v) is 12.9. The lowest BCUT2D eigenvalue weighted by Gasteiger charge is -2.08. The molecule has 1 amide bonds. The summed E-state index contributed by atoms with van der Waals surface area (Å²) in [5, 5.41) is 5.57. The zero-order valence-electron chi connectivity index (χ0n) is 20.1. The standard InChI is InChI=1S/C29H21BrClN3O4/c1-2-17-7-5-9-21-25(20-8-3-4-10-22(20)31)27(33-26(17)21)28(35)34-32-16-18-15-19(30)12-13-23(18)38-29(36)24-11-6-14-37-24/h3-16,33H,2H2,1H3,(H,34,35). The van der Waals surface area contributed by atoms with Crippen molar-refractivity contribution >= 4 is 56.5 Å². The van der Waals surface area contributed by atoms with Crippen LogP contribution >= 0.6 is 27.5 Å². The van der Waals surface area contributed by atoms with Crippen molar-refractivity contribution < 1.29 is 18.7 Å². The number of hydrazone groups is 1. The molecule has 190 valence electrons. The zero-order valence-corrected chi connectivity index (χ0v) is 22.5. The number of aromatic amines is 1. The lowest BCUT2D eigenvalue weighted by atomic mass is 9.99. The average molecular weight is 591 g/mol. The van der Waals surface area contributed by atoms with Gasteiger partial charge < -0.3 is 14.1 Å². The predicted octanol–water partition coefficient (Wildman–Crippen LogP) is 7.39. The Morgan fingerprint density at radius 2 is 1.95 bits per heavy atom. The molecule has 2 heterocycles. The number of rotatable bonds is 7. The van der Waals surface area contributed by atoms with Gasteiger partial charge in [0.15, 0.2) is 0 Å². The van der Waals surface area contributed by atoms with E-state index in [0.29, 0.717) is 21.8 Å². The van der Waals surface area contributed by atoms with Crippen molar-refractivity contribution in [2.45, 2.75) is 13.3 Å². The van der Waals surface area contributed by atoms with Crippen LogP contribution in [0.3, 0.4) is 0 Å². The number of benzene rings is 3. The van der Waals surface area contributed by atoms with E-state index in [4.69, 9.17) is 20.8 Å². The van der Waals surface area contributed by atoms with E-state index in [1.165, 1.54) is 18.5 Å². The molecule has 0 bridgehead atoms. The van der Waals surface area contributed by atoms with Crippen LogP contribution in [0, 0.1) is 0 Å². The molecule has 0 atom stereocenters. The summed E-state index contributed by atoms with van der Waals surface area (Å²) in [6.07, 6.45) is 3.59. The highest BCUT2D eigenvalue weighted by Gasteiger charge is 2.22. The number of fused-ring (bicyclic) bond motifs is 1. The molecule has 0 saturated heterocycles. The third kappa shape index (κ3) is 5.14. The van der Waals surface area contributed by atoms with Crippen molar-refractivity contribution in [1.82, 2.24) is 10.4 Å². The highest BCUT2D eigenvalue weighted by molar-refractivity contribution is 9.10. The first-order valence-electron chi connectivity index (χ1n) is 11.7. The van der Waals surface area contributed by atoms with Crippen molar-refractivity contribution in [3.05, 3.63) is 111 Å². The molecular formula is C29H21BrClN3O4. The SMILES string of the molecule is CCc1cccc2c(-c3ccccc3Cl)c(C(=O)NN=Cc3cc(Br)ccc3OC(=O)c3ccco3)[nH]c12. The third-order valence-corrected chi connectivity index (χ3v) is 6.76. The van der Waals surface area contributed by atoms with Crippen molar-refractivity contribution in [3.63, 3.8) is 0 Å². The molecule has 0 saturated carbocycles. The van der Waals surface area contributed by atoms with Crippen molar-refractivity contribution in [2.75, 3.05) is 0 Å². The predicted molar refractivity (Wildman–Crippen MR) is 151 cm³/mol.